The summed E-state index contributed by atoms with van der Waals surface area (Å²) >= 11 is 5.94. The molecule has 0 amide bonds. The molecule has 1 fully saturated rings. The van der Waals surface area contributed by atoms with Gasteiger partial charge >= 0.3 is 0 Å². The molecule has 3 rings (SSSR count). The smallest absolute Gasteiger partial charge is 0.142 e. The van der Waals surface area contributed by atoms with Crippen LogP contribution < -0.4 is 5.32 Å². The van der Waals surface area contributed by atoms with Crippen LogP contribution in [0.2, 0.25) is 5.02 Å². The third kappa shape index (κ3) is 2.97. The van der Waals surface area contributed by atoms with E-state index in [2.05, 4.69) is 5.32 Å². The number of furan rings is 1. The predicted molar refractivity (Wildman–Crippen MR) is 77.5 cm³/mol. The van der Waals surface area contributed by atoms with E-state index in [4.69, 9.17) is 16.0 Å². The highest BCUT2D eigenvalue weighted by Gasteiger charge is 2.30. The van der Waals surface area contributed by atoms with Crippen molar-refractivity contribution in [1.82, 2.24) is 5.32 Å². The van der Waals surface area contributed by atoms with Crippen LogP contribution in [0.4, 0.5) is 8.78 Å². The second kappa shape index (κ2) is 6.16. The van der Waals surface area contributed by atoms with Crippen molar-refractivity contribution in [2.75, 3.05) is 6.54 Å². The zero-order valence-electron chi connectivity index (χ0n) is 11.4. The SMILES string of the molecule is Fc1ccc(F)c(CC(c2ccco2)C2CCCN2)c1Cl. The van der Waals surface area contributed by atoms with Gasteiger partial charge in [0.25, 0.3) is 0 Å². The van der Waals surface area contributed by atoms with Crippen LogP contribution in [0.3, 0.4) is 0 Å². The van der Waals surface area contributed by atoms with Gasteiger partial charge in [0, 0.05) is 17.5 Å². The Morgan fingerprint density at radius 3 is 2.76 bits per heavy atom. The molecule has 21 heavy (non-hydrogen) atoms. The lowest BCUT2D eigenvalue weighted by molar-refractivity contribution is 0.390. The summed E-state index contributed by atoms with van der Waals surface area (Å²) in [5.74, 6) is -0.355. The second-order valence-corrected chi connectivity index (χ2v) is 5.73. The maximum Gasteiger partial charge on any atom is 0.142 e. The third-order valence-corrected chi connectivity index (χ3v) is 4.46. The number of rotatable bonds is 4. The normalized spacial score (nSPS) is 19.9. The number of benzene rings is 1. The molecule has 0 saturated carbocycles. The van der Waals surface area contributed by atoms with Crippen LogP contribution in [0.25, 0.3) is 0 Å². The Morgan fingerprint density at radius 2 is 2.10 bits per heavy atom. The van der Waals surface area contributed by atoms with E-state index in [1.807, 2.05) is 6.07 Å². The lowest BCUT2D eigenvalue weighted by Crippen LogP contribution is -2.30. The molecule has 1 aliphatic rings. The molecule has 2 aromatic rings. The molecule has 0 aliphatic carbocycles. The topological polar surface area (TPSA) is 25.2 Å². The molecular weight excluding hydrogens is 296 g/mol. The summed E-state index contributed by atoms with van der Waals surface area (Å²) in [5.41, 5.74) is 0.215. The molecule has 2 nitrogen and oxygen atoms in total. The second-order valence-electron chi connectivity index (χ2n) is 5.35. The summed E-state index contributed by atoms with van der Waals surface area (Å²) < 4.78 is 33.1. The Hall–Kier alpha value is -1.39. The van der Waals surface area contributed by atoms with Gasteiger partial charge in [0.2, 0.25) is 0 Å². The Balaban J connectivity index is 1.93. The summed E-state index contributed by atoms with van der Waals surface area (Å²) in [7, 11) is 0. The van der Waals surface area contributed by atoms with Gasteiger partial charge in [0.15, 0.2) is 0 Å². The fraction of sp³-hybridized carbons (Fsp3) is 0.375. The summed E-state index contributed by atoms with van der Waals surface area (Å²) in [6.45, 7) is 0.932. The van der Waals surface area contributed by atoms with Crippen molar-refractivity contribution in [2.24, 2.45) is 0 Å². The van der Waals surface area contributed by atoms with Crippen LogP contribution in [0.1, 0.15) is 30.1 Å². The van der Waals surface area contributed by atoms with Crippen molar-refractivity contribution in [3.63, 3.8) is 0 Å². The van der Waals surface area contributed by atoms with E-state index in [1.54, 1.807) is 12.3 Å². The molecule has 2 atom stereocenters. The Morgan fingerprint density at radius 1 is 1.29 bits per heavy atom. The van der Waals surface area contributed by atoms with E-state index < -0.39 is 11.6 Å². The number of hydrogen-bond donors (Lipinski definition) is 1. The zero-order valence-corrected chi connectivity index (χ0v) is 12.2. The van der Waals surface area contributed by atoms with Crippen LogP contribution in [0.5, 0.6) is 0 Å². The standard InChI is InChI=1S/C16H16ClF2NO/c17-16-10(12(18)5-6-13(16)19)9-11(14-3-1-7-20-14)15-4-2-8-21-15/h2,4-6,8,11,14,20H,1,3,7,9H2. The first-order valence-electron chi connectivity index (χ1n) is 7.06. The van der Waals surface area contributed by atoms with E-state index in [0.717, 1.165) is 37.3 Å². The van der Waals surface area contributed by atoms with Gasteiger partial charge in [-0.2, -0.15) is 0 Å². The summed E-state index contributed by atoms with van der Waals surface area (Å²) in [6.07, 6.45) is 3.97. The van der Waals surface area contributed by atoms with E-state index in [1.165, 1.54) is 0 Å². The molecule has 0 bridgehead atoms. The minimum absolute atomic E-state index is 0.0590. The molecule has 1 aromatic heterocycles. The van der Waals surface area contributed by atoms with Gasteiger partial charge in [0.1, 0.15) is 17.4 Å². The summed E-state index contributed by atoms with van der Waals surface area (Å²) in [5, 5.41) is 3.26. The van der Waals surface area contributed by atoms with Gasteiger partial charge in [-0.15, -0.1) is 0 Å². The Labute approximate surface area is 127 Å². The molecule has 2 unspecified atom stereocenters. The van der Waals surface area contributed by atoms with Gasteiger partial charge in [0.05, 0.1) is 11.3 Å². The number of hydrogen-bond acceptors (Lipinski definition) is 2. The molecule has 1 saturated heterocycles. The highest BCUT2D eigenvalue weighted by Crippen LogP contribution is 2.33. The lowest BCUT2D eigenvalue weighted by atomic mass is 9.89. The van der Waals surface area contributed by atoms with Crippen LogP contribution in [-0.2, 0) is 6.42 Å². The molecule has 0 radical (unpaired) electrons. The molecular formula is C16H16ClF2NO. The molecule has 1 aromatic carbocycles. The average Bonchev–Trinajstić information content (AvgIpc) is 3.16. The van der Waals surface area contributed by atoms with Crippen LogP contribution in [0, 0.1) is 11.6 Å². The van der Waals surface area contributed by atoms with Crippen LogP contribution >= 0.6 is 11.6 Å². The van der Waals surface area contributed by atoms with Crippen molar-refractivity contribution < 1.29 is 13.2 Å². The first kappa shape index (κ1) is 14.5. The van der Waals surface area contributed by atoms with Crippen LogP contribution in [-0.4, -0.2) is 12.6 Å². The monoisotopic (exact) mass is 311 g/mol. The highest BCUT2D eigenvalue weighted by atomic mass is 35.5. The van der Waals surface area contributed by atoms with E-state index in [0.29, 0.717) is 6.42 Å². The molecule has 2 heterocycles. The van der Waals surface area contributed by atoms with Crippen molar-refractivity contribution in [3.05, 3.63) is 58.5 Å². The maximum absolute atomic E-state index is 14.0. The fourth-order valence-electron chi connectivity index (χ4n) is 2.97. The van der Waals surface area contributed by atoms with Gasteiger partial charge < -0.3 is 9.73 Å². The summed E-state index contributed by atoms with van der Waals surface area (Å²) in [6, 6.07) is 6.04. The van der Waals surface area contributed by atoms with E-state index in [9.17, 15) is 8.78 Å². The Kier molecular flexibility index (Phi) is 4.27. The summed E-state index contributed by atoms with van der Waals surface area (Å²) in [4.78, 5) is 0. The molecule has 112 valence electrons. The van der Waals surface area contributed by atoms with Gasteiger partial charge in [-0.05, 0) is 50.1 Å². The van der Waals surface area contributed by atoms with Crippen molar-refractivity contribution in [2.45, 2.75) is 31.2 Å². The number of nitrogens with one attached hydrogen (secondary N) is 1. The van der Waals surface area contributed by atoms with E-state index >= 15 is 0 Å². The molecule has 1 aliphatic heterocycles. The Bertz CT molecular complexity index is 609. The zero-order chi connectivity index (χ0) is 14.8. The van der Waals surface area contributed by atoms with Gasteiger partial charge in [-0.1, -0.05) is 11.6 Å². The molecule has 0 spiro atoms. The van der Waals surface area contributed by atoms with E-state index in [-0.39, 0.29) is 22.5 Å². The molecule has 1 N–H and O–H groups in total. The van der Waals surface area contributed by atoms with Crippen LogP contribution in [0.15, 0.2) is 34.9 Å². The number of halogens is 3. The first-order valence-corrected chi connectivity index (χ1v) is 7.44. The minimum atomic E-state index is -0.592. The van der Waals surface area contributed by atoms with Gasteiger partial charge in [-0.25, -0.2) is 8.78 Å². The van der Waals surface area contributed by atoms with Crippen molar-refractivity contribution in [3.8, 4) is 0 Å². The molecule has 5 heteroatoms. The fourth-order valence-corrected chi connectivity index (χ4v) is 3.20. The van der Waals surface area contributed by atoms with Crippen molar-refractivity contribution >= 4 is 11.6 Å². The minimum Gasteiger partial charge on any atom is -0.469 e. The third-order valence-electron chi connectivity index (χ3n) is 4.06. The average molecular weight is 312 g/mol. The van der Waals surface area contributed by atoms with Crippen molar-refractivity contribution in [1.29, 1.82) is 0 Å². The lowest BCUT2D eigenvalue weighted by Gasteiger charge is -2.22. The largest absolute Gasteiger partial charge is 0.469 e. The van der Waals surface area contributed by atoms with Gasteiger partial charge in [-0.3, -0.25) is 0 Å². The highest BCUT2D eigenvalue weighted by molar-refractivity contribution is 6.31. The predicted octanol–water partition coefficient (Wildman–Crippen LogP) is 4.29. The first-order chi connectivity index (χ1) is 10.2. The maximum atomic E-state index is 14.0. The quantitative estimate of drug-likeness (QED) is 0.852.